The molecule has 0 spiro atoms. The van der Waals surface area contributed by atoms with E-state index in [4.69, 9.17) is 9.76 Å². The van der Waals surface area contributed by atoms with Crippen LogP contribution in [0.3, 0.4) is 0 Å². The van der Waals surface area contributed by atoms with Gasteiger partial charge >= 0.3 is 7.48 Å². The third-order valence-electron chi connectivity index (χ3n) is 6.48. The molecule has 1 heterocycles. The quantitative estimate of drug-likeness (QED) is 0.367. The third kappa shape index (κ3) is 2.73. The van der Waals surface area contributed by atoms with Gasteiger partial charge in [-0.1, -0.05) is 54.0 Å². The van der Waals surface area contributed by atoms with Crippen LogP contribution in [-0.2, 0) is 4.65 Å². The first kappa shape index (κ1) is 19.1. The number of hydrogen-bond acceptors (Lipinski definition) is 2. The van der Waals surface area contributed by atoms with E-state index in [2.05, 4.69) is 17.1 Å². The largest absolute Gasteiger partial charge is 0.439 e. The molecule has 1 aliphatic carbocycles. The minimum absolute atomic E-state index is 0.0762. The highest BCUT2D eigenvalue weighted by atomic mass is 16.5. The van der Waals surface area contributed by atoms with E-state index in [1.165, 1.54) is 0 Å². The van der Waals surface area contributed by atoms with E-state index in [1.807, 2.05) is 70.2 Å². The van der Waals surface area contributed by atoms with Gasteiger partial charge in [0.2, 0.25) is 0 Å². The predicted molar refractivity (Wildman–Crippen MR) is 123 cm³/mol. The first-order chi connectivity index (χ1) is 14.2. The average molecular weight is 397 g/mol. The van der Waals surface area contributed by atoms with E-state index in [-0.39, 0.29) is 5.78 Å². The van der Waals surface area contributed by atoms with Gasteiger partial charge in [-0.05, 0) is 31.0 Å². The Hall–Kier alpha value is -2.89. The summed E-state index contributed by atoms with van der Waals surface area (Å²) in [4.78, 5) is 16.6. The maximum absolute atomic E-state index is 13.1. The highest BCUT2D eigenvalue weighted by molar-refractivity contribution is 6.47. The minimum Gasteiger partial charge on any atom is -0.439 e. The zero-order chi connectivity index (χ0) is 21.3. The van der Waals surface area contributed by atoms with Crippen molar-refractivity contribution in [3.8, 4) is 11.1 Å². The summed E-state index contributed by atoms with van der Waals surface area (Å²) in [6, 6.07) is 18.0. The standard InChI is InChI=1S/C25H23BNO3/c1-24(2,29)25(3,4)30-26-14-9-12-20-19(13-14)17-11-10-16-15-7-5-6-8-18(15)23(28)21(16)22(17)27-20/h5-13,27,29H,1-4H3/p+1. The molecule has 3 aromatic carbocycles. The van der Waals surface area contributed by atoms with Crippen molar-refractivity contribution in [2.24, 2.45) is 0 Å². The van der Waals surface area contributed by atoms with Gasteiger partial charge in [0.25, 0.3) is 0 Å². The van der Waals surface area contributed by atoms with Crippen LogP contribution in [0.15, 0.2) is 54.6 Å². The number of aromatic amines is 1. The summed E-state index contributed by atoms with van der Waals surface area (Å²) >= 11 is 0. The number of H-pyrrole nitrogens is 1. The molecule has 30 heavy (non-hydrogen) atoms. The van der Waals surface area contributed by atoms with Crippen LogP contribution in [0.5, 0.6) is 0 Å². The summed E-state index contributed by atoms with van der Waals surface area (Å²) in [7, 11) is 1.73. The molecule has 0 saturated carbocycles. The molecule has 4 aromatic rings. The fourth-order valence-corrected chi connectivity index (χ4v) is 3.93. The normalized spacial score (nSPS) is 13.7. The number of rotatable bonds is 4. The lowest BCUT2D eigenvalue weighted by Gasteiger charge is -2.33. The van der Waals surface area contributed by atoms with Gasteiger partial charge in [0.15, 0.2) is 11.4 Å². The molecule has 0 atom stereocenters. The molecule has 0 amide bonds. The van der Waals surface area contributed by atoms with E-state index in [0.29, 0.717) is 0 Å². The molecule has 0 fully saturated rings. The van der Waals surface area contributed by atoms with Crippen molar-refractivity contribution >= 4 is 40.5 Å². The SMILES string of the molecule is CC(C)([OH2+])C(C)(C)O[B]c1ccc2[nH]c3c4c(ccc3c2c1)-c1ccccc1C4=O. The van der Waals surface area contributed by atoms with Crippen LogP contribution in [0.1, 0.15) is 43.6 Å². The lowest BCUT2D eigenvalue weighted by atomic mass is 9.82. The van der Waals surface area contributed by atoms with Crippen LogP contribution < -0.4 is 5.46 Å². The Labute approximate surface area is 176 Å². The minimum atomic E-state index is -0.732. The van der Waals surface area contributed by atoms with Crippen molar-refractivity contribution in [2.75, 3.05) is 0 Å². The predicted octanol–water partition coefficient (Wildman–Crippen LogP) is 4.08. The first-order valence-corrected chi connectivity index (χ1v) is 10.2. The van der Waals surface area contributed by atoms with E-state index in [9.17, 15) is 4.79 Å². The van der Waals surface area contributed by atoms with E-state index < -0.39 is 11.2 Å². The molecule has 0 unspecified atom stereocenters. The van der Waals surface area contributed by atoms with Crippen molar-refractivity contribution in [2.45, 2.75) is 38.9 Å². The number of aromatic nitrogens is 1. The van der Waals surface area contributed by atoms with Crippen LogP contribution in [0, 0.1) is 0 Å². The topological polar surface area (TPSA) is 65.0 Å². The van der Waals surface area contributed by atoms with Gasteiger partial charge < -0.3 is 14.7 Å². The first-order valence-electron chi connectivity index (χ1n) is 10.2. The molecule has 0 aliphatic heterocycles. The summed E-state index contributed by atoms with van der Waals surface area (Å²) in [6.45, 7) is 7.54. The molecule has 0 saturated heterocycles. The molecular weight excluding hydrogens is 373 g/mol. The summed E-state index contributed by atoms with van der Waals surface area (Å²) in [6.07, 6.45) is 0. The molecule has 0 bridgehead atoms. The zero-order valence-electron chi connectivity index (χ0n) is 17.6. The van der Waals surface area contributed by atoms with E-state index in [0.717, 1.165) is 49.5 Å². The number of hydrogen-bond donors (Lipinski definition) is 1. The van der Waals surface area contributed by atoms with Gasteiger partial charge in [-0.15, -0.1) is 0 Å². The van der Waals surface area contributed by atoms with Gasteiger partial charge in [0.1, 0.15) is 5.60 Å². The molecular formula is C25H24BNO3+. The van der Waals surface area contributed by atoms with Gasteiger partial charge in [-0.2, -0.15) is 0 Å². The van der Waals surface area contributed by atoms with Crippen molar-refractivity contribution in [3.05, 3.63) is 65.7 Å². The molecule has 1 radical (unpaired) electrons. The Bertz CT molecular complexity index is 1330. The van der Waals surface area contributed by atoms with Crippen molar-refractivity contribution in [3.63, 3.8) is 0 Å². The second kappa shape index (κ2) is 6.30. The molecule has 4 nitrogen and oxygen atoms in total. The summed E-state index contributed by atoms with van der Waals surface area (Å²) in [5.41, 5.74) is 4.95. The zero-order valence-corrected chi connectivity index (χ0v) is 17.6. The number of ketones is 1. The van der Waals surface area contributed by atoms with Crippen LogP contribution in [0.25, 0.3) is 32.9 Å². The fourth-order valence-electron chi connectivity index (χ4n) is 3.93. The van der Waals surface area contributed by atoms with Crippen LogP contribution in [0.4, 0.5) is 0 Å². The molecule has 149 valence electrons. The molecule has 5 rings (SSSR count). The van der Waals surface area contributed by atoms with Gasteiger partial charge in [0, 0.05) is 35.7 Å². The summed E-state index contributed by atoms with van der Waals surface area (Å²) in [5.74, 6) is 0.0762. The smallest absolute Gasteiger partial charge is 0.331 e. The van der Waals surface area contributed by atoms with Crippen molar-refractivity contribution in [1.82, 2.24) is 4.98 Å². The third-order valence-corrected chi connectivity index (χ3v) is 6.48. The molecule has 1 aromatic heterocycles. The Balaban J connectivity index is 1.58. The number of fused-ring (bicyclic) bond motifs is 7. The average Bonchev–Trinajstić information content (AvgIpc) is 3.21. The van der Waals surface area contributed by atoms with Gasteiger partial charge in [-0.25, -0.2) is 0 Å². The number of nitrogens with one attached hydrogen (secondary N) is 1. The maximum atomic E-state index is 13.1. The Kier molecular flexibility index (Phi) is 4.01. The fraction of sp³-hybridized carbons (Fsp3) is 0.240. The Morgan fingerprint density at radius 1 is 0.900 bits per heavy atom. The second-order valence-electron chi connectivity index (χ2n) is 9.09. The second-order valence-corrected chi connectivity index (χ2v) is 9.09. The van der Waals surface area contributed by atoms with Crippen LogP contribution in [0.2, 0.25) is 0 Å². The summed E-state index contributed by atoms with van der Waals surface area (Å²) in [5, 5.41) is 10.4. The van der Waals surface area contributed by atoms with E-state index in [1.54, 1.807) is 7.48 Å². The van der Waals surface area contributed by atoms with Crippen LogP contribution >= 0.6 is 0 Å². The number of carbonyl (C=O) groups excluding carboxylic acids is 1. The number of carbonyl (C=O) groups is 1. The lowest BCUT2D eigenvalue weighted by Crippen LogP contribution is -2.49. The molecule has 5 heteroatoms. The van der Waals surface area contributed by atoms with Crippen molar-refractivity contribution < 1.29 is 14.6 Å². The number of benzene rings is 3. The Morgan fingerprint density at radius 2 is 1.63 bits per heavy atom. The van der Waals surface area contributed by atoms with Crippen molar-refractivity contribution in [1.29, 1.82) is 0 Å². The van der Waals surface area contributed by atoms with E-state index >= 15 is 0 Å². The molecule has 1 aliphatic rings. The highest BCUT2D eigenvalue weighted by Gasteiger charge is 2.40. The highest BCUT2D eigenvalue weighted by Crippen LogP contribution is 2.41. The van der Waals surface area contributed by atoms with Gasteiger partial charge in [0.05, 0.1) is 11.1 Å². The Morgan fingerprint density at radius 3 is 2.37 bits per heavy atom. The molecule has 3 N–H and O–H groups in total. The monoisotopic (exact) mass is 397 g/mol. The van der Waals surface area contributed by atoms with Crippen LogP contribution in [-0.4, -0.2) is 34.6 Å². The maximum Gasteiger partial charge on any atom is 0.331 e. The van der Waals surface area contributed by atoms with Gasteiger partial charge in [-0.3, -0.25) is 4.79 Å². The lowest BCUT2D eigenvalue weighted by molar-refractivity contribution is -0.0893. The summed E-state index contributed by atoms with van der Waals surface area (Å²) < 4.78 is 5.97.